The normalized spacial score (nSPS) is 24.5. The predicted octanol–water partition coefficient (Wildman–Crippen LogP) is 7.00. The lowest BCUT2D eigenvalue weighted by Crippen LogP contribution is -2.52. The van der Waals surface area contributed by atoms with Crippen molar-refractivity contribution in [2.45, 2.75) is 38.0 Å². The Morgan fingerprint density at radius 1 is 1.00 bits per heavy atom. The van der Waals surface area contributed by atoms with Gasteiger partial charge in [0.1, 0.15) is 5.78 Å². The number of carbonyl (C=O) groups is 1. The zero-order valence-electron chi connectivity index (χ0n) is 20.1. The van der Waals surface area contributed by atoms with E-state index < -0.39 is 11.6 Å². The second-order valence-electron chi connectivity index (χ2n) is 10.1. The molecule has 0 amide bonds. The standard InChI is InChI=1S/C29H28Cl2F2N2O/c1-17-2-5-20(24(31)12-17)22-7-6-21-23(29(22)27-9-4-19(30)14-34-27)15-35(16-28(21)36)11-10-18-3-8-25(32)26(33)13-18/h2-5,8-9,12-14,21-23,29H,6-7,10-11,15-16H2,1H3. The molecule has 1 aliphatic heterocycles. The van der Waals surface area contributed by atoms with Crippen molar-refractivity contribution < 1.29 is 13.6 Å². The van der Waals surface area contributed by atoms with Gasteiger partial charge in [0, 0.05) is 41.8 Å². The fraction of sp³-hybridized carbons (Fsp3) is 0.379. The van der Waals surface area contributed by atoms with Crippen LogP contribution in [-0.2, 0) is 11.2 Å². The van der Waals surface area contributed by atoms with E-state index in [1.54, 1.807) is 12.3 Å². The van der Waals surface area contributed by atoms with Crippen molar-refractivity contribution in [3.63, 3.8) is 0 Å². The maximum Gasteiger partial charge on any atom is 0.159 e. The van der Waals surface area contributed by atoms with Gasteiger partial charge in [-0.15, -0.1) is 0 Å². The van der Waals surface area contributed by atoms with Gasteiger partial charge in [0.2, 0.25) is 0 Å². The Labute approximate surface area is 220 Å². The molecule has 36 heavy (non-hydrogen) atoms. The first kappa shape index (κ1) is 25.3. The summed E-state index contributed by atoms with van der Waals surface area (Å²) in [4.78, 5) is 20.2. The van der Waals surface area contributed by atoms with Gasteiger partial charge >= 0.3 is 0 Å². The third-order valence-electron chi connectivity index (χ3n) is 7.81. The van der Waals surface area contributed by atoms with Gasteiger partial charge in [0.15, 0.2) is 11.6 Å². The number of aromatic nitrogens is 1. The molecular weight excluding hydrogens is 501 g/mol. The van der Waals surface area contributed by atoms with Crippen molar-refractivity contribution in [3.05, 3.63) is 98.8 Å². The molecule has 2 heterocycles. The SMILES string of the molecule is Cc1ccc(C2CCC3C(=O)CN(CCc4ccc(F)c(F)c4)CC3C2c2ccc(Cl)cn2)c(Cl)c1. The number of ketones is 1. The first-order valence-electron chi connectivity index (χ1n) is 12.4. The summed E-state index contributed by atoms with van der Waals surface area (Å²) in [5.74, 6) is -1.28. The zero-order chi connectivity index (χ0) is 25.4. The number of piperidine rings is 1. The molecule has 188 valence electrons. The largest absolute Gasteiger partial charge is 0.298 e. The topological polar surface area (TPSA) is 33.2 Å². The Hall–Kier alpha value is -2.34. The van der Waals surface area contributed by atoms with E-state index >= 15 is 0 Å². The quantitative estimate of drug-likeness (QED) is 0.357. The van der Waals surface area contributed by atoms with Crippen molar-refractivity contribution in [1.29, 1.82) is 0 Å². The number of carbonyl (C=O) groups excluding carboxylic acids is 1. The van der Waals surface area contributed by atoms with Crippen molar-refractivity contribution in [1.82, 2.24) is 9.88 Å². The number of hydrogen-bond donors (Lipinski definition) is 0. The van der Waals surface area contributed by atoms with E-state index in [4.69, 9.17) is 28.2 Å². The minimum atomic E-state index is -0.851. The molecule has 3 nitrogen and oxygen atoms in total. The van der Waals surface area contributed by atoms with Crippen LogP contribution in [0.15, 0.2) is 54.7 Å². The van der Waals surface area contributed by atoms with Crippen LogP contribution in [0.3, 0.4) is 0 Å². The fourth-order valence-electron chi connectivity index (χ4n) is 6.09. The van der Waals surface area contributed by atoms with E-state index in [0.29, 0.717) is 30.1 Å². The molecule has 3 aromatic rings. The maximum atomic E-state index is 13.7. The molecule has 5 rings (SSSR count). The number of hydrogen-bond acceptors (Lipinski definition) is 3. The number of aryl methyl sites for hydroxylation is 1. The lowest BCUT2D eigenvalue weighted by Gasteiger charge is -2.48. The van der Waals surface area contributed by atoms with Gasteiger partial charge in [0.25, 0.3) is 0 Å². The molecule has 7 heteroatoms. The van der Waals surface area contributed by atoms with Crippen LogP contribution in [0, 0.1) is 30.4 Å². The number of fused-ring (bicyclic) bond motifs is 1. The second kappa shape index (κ2) is 10.6. The van der Waals surface area contributed by atoms with E-state index in [-0.39, 0.29) is 29.5 Å². The molecule has 1 saturated carbocycles. The average Bonchev–Trinajstić information content (AvgIpc) is 2.85. The first-order chi connectivity index (χ1) is 17.3. The van der Waals surface area contributed by atoms with E-state index in [1.165, 1.54) is 6.07 Å². The summed E-state index contributed by atoms with van der Waals surface area (Å²) in [6.07, 6.45) is 3.89. The van der Waals surface area contributed by atoms with Crippen molar-refractivity contribution in [2.75, 3.05) is 19.6 Å². The average molecular weight is 529 g/mol. The summed E-state index contributed by atoms with van der Waals surface area (Å²) < 4.78 is 27.0. The highest BCUT2D eigenvalue weighted by Crippen LogP contribution is 2.52. The number of rotatable bonds is 5. The Bertz CT molecular complexity index is 1270. The Morgan fingerprint density at radius 3 is 2.53 bits per heavy atom. The molecule has 4 atom stereocenters. The monoisotopic (exact) mass is 528 g/mol. The van der Waals surface area contributed by atoms with Crippen molar-refractivity contribution in [3.8, 4) is 0 Å². The maximum absolute atomic E-state index is 13.7. The van der Waals surface area contributed by atoms with Gasteiger partial charge in [-0.25, -0.2) is 8.78 Å². The Kier molecular flexibility index (Phi) is 7.43. The van der Waals surface area contributed by atoms with Crippen LogP contribution in [0.5, 0.6) is 0 Å². The van der Waals surface area contributed by atoms with E-state index in [0.717, 1.165) is 47.3 Å². The third-order valence-corrected chi connectivity index (χ3v) is 8.36. The highest BCUT2D eigenvalue weighted by Gasteiger charge is 2.47. The number of nitrogens with zero attached hydrogens (tertiary/aromatic N) is 2. The molecule has 1 saturated heterocycles. The molecule has 1 aliphatic carbocycles. The summed E-state index contributed by atoms with van der Waals surface area (Å²) in [6, 6.07) is 14.0. The van der Waals surface area contributed by atoms with Crippen molar-refractivity contribution >= 4 is 29.0 Å². The van der Waals surface area contributed by atoms with Gasteiger partial charge in [-0.05, 0) is 85.0 Å². The molecule has 1 aromatic heterocycles. The number of likely N-dealkylation sites (tertiary alicyclic amines) is 1. The smallest absolute Gasteiger partial charge is 0.159 e. The van der Waals surface area contributed by atoms with Crippen LogP contribution in [0.2, 0.25) is 10.0 Å². The van der Waals surface area contributed by atoms with Crippen LogP contribution in [0.4, 0.5) is 8.78 Å². The van der Waals surface area contributed by atoms with Gasteiger partial charge in [-0.1, -0.05) is 41.4 Å². The second-order valence-corrected chi connectivity index (χ2v) is 10.9. The van der Waals surface area contributed by atoms with Crippen LogP contribution < -0.4 is 0 Å². The zero-order valence-corrected chi connectivity index (χ0v) is 21.6. The molecule has 2 aromatic carbocycles. The first-order valence-corrected chi connectivity index (χ1v) is 13.1. The molecule has 0 bridgehead atoms. The van der Waals surface area contributed by atoms with Gasteiger partial charge in [-0.2, -0.15) is 0 Å². The van der Waals surface area contributed by atoms with Crippen LogP contribution >= 0.6 is 23.2 Å². The summed E-state index contributed by atoms with van der Waals surface area (Å²) >= 11 is 12.9. The molecule has 0 spiro atoms. The van der Waals surface area contributed by atoms with Crippen LogP contribution in [-0.4, -0.2) is 35.3 Å². The molecule has 0 N–H and O–H groups in total. The third kappa shape index (κ3) is 5.20. The number of benzene rings is 2. The van der Waals surface area contributed by atoms with E-state index in [1.807, 2.05) is 25.1 Å². The number of Topliss-reactive ketones (excluding diaryl/α,β-unsaturated/α-hetero) is 1. The summed E-state index contributed by atoms with van der Waals surface area (Å²) in [7, 11) is 0. The van der Waals surface area contributed by atoms with Crippen LogP contribution in [0.25, 0.3) is 0 Å². The van der Waals surface area contributed by atoms with E-state index in [2.05, 4.69) is 17.0 Å². The molecule has 2 aliphatic rings. The Morgan fingerprint density at radius 2 is 1.81 bits per heavy atom. The van der Waals surface area contributed by atoms with Gasteiger partial charge in [-0.3, -0.25) is 14.7 Å². The fourth-order valence-corrected chi connectivity index (χ4v) is 6.57. The molecule has 4 unspecified atom stereocenters. The molecule has 2 fully saturated rings. The Balaban J connectivity index is 1.44. The van der Waals surface area contributed by atoms with Crippen LogP contribution in [0.1, 0.15) is 47.1 Å². The van der Waals surface area contributed by atoms with Gasteiger partial charge in [0.05, 0.1) is 11.6 Å². The summed E-state index contributed by atoms with van der Waals surface area (Å²) in [6.45, 7) is 3.73. The predicted molar refractivity (Wildman–Crippen MR) is 139 cm³/mol. The van der Waals surface area contributed by atoms with Gasteiger partial charge < -0.3 is 0 Å². The highest BCUT2D eigenvalue weighted by atomic mass is 35.5. The minimum Gasteiger partial charge on any atom is -0.298 e. The summed E-state index contributed by atoms with van der Waals surface area (Å²) in [5.41, 5.74) is 3.84. The van der Waals surface area contributed by atoms with E-state index in [9.17, 15) is 13.6 Å². The number of pyridine rings is 1. The molecule has 0 radical (unpaired) electrons. The molecular formula is C29H28Cl2F2N2O. The highest BCUT2D eigenvalue weighted by molar-refractivity contribution is 6.31. The summed E-state index contributed by atoms with van der Waals surface area (Å²) in [5, 5.41) is 1.32. The minimum absolute atomic E-state index is 0.0104. The number of halogens is 4. The lowest BCUT2D eigenvalue weighted by molar-refractivity contribution is -0.132. The van der Waals surface area contributed by atoms with Crippen molar-refractivity contribution in [2.24, 2.45) is 11.8 Å². The lowest BCUT2D eigenvalue weighted by atomic mass is 9.61.